The summed E-state index contributed by atoms with van der Waals surface area (Å²) in [5.74, 6) is 0.0488. The zero-order valence-electron chi connectivity index (χ0n) is 15.1. The number of fused-ring (bicyclic) bond motifs is 3. The molecule has 2 unspecified atom stereocenters. The molecule has 1 aromatic rings. The molecule has 2 saturated carbocycles. The number of rotatable bonds is 4. The lowest BCUT2D eigenvalue weighted by atomic mass is 9.70. The van der Waals surface area contributed by atoms with Crippen molar-refractivity contribution in [2.75, 3.05) is 5.75 Å². The summed E-state index contributed by atoms with van der Waals surface area (Å²) in [6.45, 7) is 4.03. The maximum Gasteiger partial charge on any atom is 0.329 e. The first kappa shape index (κ1) is 17.5. The van der Waals surface area contributed by atoms with Crippen LogP contribution < -0.4 is 0 Å². The summed E-state index contributed by atoms with van der Waals surface area (Å²) >= 11 is 0. The van der Waals surface area contributed by atoms with Gasteiger partial charge in [-0.05, 0) is 29.7 Å². The van der Waals surface area contributed by atoms with E-state index in [1.165, 1.54) is 0 Å². The fraction of sp³-hybridized carbons (Fsp3) is 0.500. The molecule has 0 N–H and O–H groups in total. The Hall–Kier alpha value is -1.95. The molecule has 0 aliphatic heterocycles. The number of ketones is 1. The highest BCUT2D eigenvalue weighted by Crippen LogP contribution is 2.64. The van der Waals surface area contributed by atoms with Gasteiger partial charge in [0.1, 0.15) is 11.5 Å². The second kappa shape index (κ2) is 5.78. The van der Waals surface area contributed by atoms with Gasteiger partial charge in [0.2, 0.25) is 0 Å². The third kappa shape index (κ3) is 2.54. The Morgan fingerprint density at radius 3 is 2.73 bits per heavy atom. The van der Waals surface area contributed by atoms with Gasteiger partial charge in [-0.2, -0.15) is 8.42 Å². The SMILES string of the molecule is CC1(C)C2CCC1(CS(=O)(=O)ON=C1CC=Cc3ccccc31)C(=O)C2. The standard InChI is InChI=1S/C20H23NO4S/c1-19(2)15-10-11-20(19,18(22)12-15)13-26(23,24)25-21-17-9-5-7-14-6-3-4-8-16(14)17/h3-8,15H,9-13H2,1-2H3. The van der Waals surface area contributed by atoms with Crippen molar-refractivity contribution in [3.05, 3.63) is 41.5 Å². The molecule has 0 amide bonds. The zero-order valence-corrected chi connectivity index (χ0v) is 15.9. The number of carbonyl (C=O) groups excluding carboxylic acids is 1. The molecular weight excluding hydrogens is 350 g/mol. The minimum absolute atomic E-state index is 0.0597. The van der Waals surface area contributed by atoms with E-state index >= 15 is 0 Å². The van der Waals surface area contributed by atoms with Crippen molar-refractivity contribution >= 4 is 27.7 Å². The number of nitrogens with zero attached hydrogens (tertiary/aromatic N) is 1. The van der Waals surface area contributed by atoms with Gasteiger partial charge < -0.3 is 0 Å². The molecular formula is C20H23NO4S. The van der Waals surface area contributed by atoms with Crippen LogP contribution >= 0.6 is 0 Å². The van der Waals surface area contributed by atoms with Crippen LogP contribution in [0.1, 0.15) is 50.7 Å². The van der Waals surface area contributed by atoms with E-state index in [4.69, 9.17) is 4.28 Å². The molecule has 0 radical (unpaired) electrons. The predicted molar refractivity (Wildman–Crippen MR) is 100 cm³/mol. The molecule has 2 bridgehead atoms. The molecule has 0 aromatic heterocycles. The number of carbonyl (C=O) groups is 1. The summed E-state index contributed by atoms with van der Waals surface area (Å²) < 4.78 is 30.4. The van der Waals surface area contributed by atoms with Gasteiger partial charge in [0.15, 0.2) is 0 Å². The third-order valence-electron chi connectivity index (χ3n) is 6.70. The molecule has 3 aliphatic rings. The van der Waals surface area contributed by atoms with Gasteiger partial charge in [-0.25, -0.2) is 0 Å². The van der Waals surface area contributed by atoms with Gasteiger partial charge in [0, 0.05) is 18.4 Å². The number of oxime groups is 1. The van der Waals surface area contributed by atoms with Crippen molar-refractivity contribution in [2.45, 2.75) is 39.5 Å². The monoisotopic (exact) mass is 373 g/mol. The summed E-state index contributed by atoms with van der Waals surface area (Å²) in [4.78, 5) is 12.6. The van der Waals surface area contributed by atoms with Crippen molar-refractivity contribution < 1.29 is 17.5 Å². The van der Waals surface area contributed by atoms with Gasteiger partial charge in [0.05, 0.1) is 11.1 Å². The second-order valence-electron chi connectivity index (χ2n) is 8.17. The van der Waals surface area contributed by atoms with Crippen molar-refractivity contribution in [2.24, 2.45) is 21.9 Å². The van der Waals surface area contributed by atoms with Crippen molar-refractivity contribution in [3.63, 3.8) is 0 Å². The van der Waals surface area contributed by atoms with Crippen LogP contribution in [0.4, 0.5) is 0 Å². The highest BCUT2D eigenvalue weighted by molar-refractivity contribution is 7.86. The van der Waals surface area contributed by atoms with Crippen LogP contribution in [-0.4, -0.2) is 25.7 Å². The van der Waals surface area contributed by atoms with Crippen molar-refractivity contribution in [3.8, 4) is 0 Å². The first-order valence-electron chi connectivity index (χ1n) is 9.03. The summed E-state index contributed by atoms with van der Waals surface area (Å²) in [5.41, 5.74) is 1.31. The maximum absolute atomic E-state index is 12.7. The second-order valence-corrected chi connectivity index (χ2v) is 9.73. The zero-order chi connectivity index (χ0) is 18.6. The lowest BCUT2D eigenvalue weighted by molar-refractivity contribution is -0.128. The third-order valence-corrected chi connectivity index (χ3v) is 7.85. The molecule has 0 saturated heterocycles. The van der Waals surface area contributed by atoms with Crippen LogP contribution in [-0.2, 0) is 19.2 Å². The van der Waals surface area contributed by atoms with Gasteiger partial charge >= 0.3 is 10.1 Å². The maximum atomic E-state index is 12.7. The quantitative estimate of drug-likeness (QED) is 0.757. The van der Waals surface area contributed by atoms with Crippen LogP contribution in [0, 0.1) is 16.7 Å². The highest BCUT2D eigenvalue weighted by Gasteiger charge is 2.65. The number of Topliss-reactive ketones (excluding diaryl/α,β-unsaturated/α-hetero) is 1. The summed E-state index contributed by atoms with van der Waals surface area (Å²) in [7, 11) is -3.95. The number of hydrogen-bond acceptors (Lipinski definition) is 5. The molecule has 0 heterocycles. The van der Waals surface area contributed by atoms with E-state index in [1.54, 1.807) is 0 Å². The summed E-state index contributed by atoms with van der Waals surface area (Å²) in [6, 6.07) is 7.66. The number of benzene rings is 1. The van der Waals surface area contributed by atoms with Gasteiger partial charge in [-0.3, -0.25) is 9.08 Å². The normalized spacial score (nSPS) is 30.6. The Labute approximate surface area is 154 Å². The average molecular weight is 373 g/mol. The Morgan fingerprint density at radius 2 is 2.04 bits per heavy atom. The van der Waals surface area contributed by atoms with E-state index in [2.05, 4.69) is 5.16 Å². The Bertz CT molecular complexity index is 929. The van der Waals surface area contributed by atoms with Crippen molar-refractivity contribution in [1.82, 2.24) is 0 Å². The number of allylic oxidation sites excluding steroid dienone is 1. The van der Waals surface area contributed by atoms with E-state index in [1.807, 2.05) is 50.3 Å². The Morgan fingerprint density at radius 1 is 1.27 bits per heavy atom. The van der Waals surface area contributed by atoms with Crippen LogP contribution in [0.5, 0.6) is 0 Å². The topological polar surface area (TPSA) is 72.8 Å². The van der Waals surface area contributed by atoms with E-state index in [-0.39, 0.29) is 22.9 Å². The van der Waals surface area contributed by atoms with Crippen LogP contribution in [0.2, 0.25) is 0 Å². The molecule has 2 atom stereocenters. The molecule has 6 heteroatoms. The first-order valence-corrected chi connectivity index (χ1v) is 10.6. The smallest absolute Gasteiger partial charge is 0.299 e. The highest BCUT2D eigenvalue weighted by atomic mass is 32.2. The largest absolute Gasteiger partial charge is 0.329 e. The molecule has 1 aromatic carbocycles. The summed E-state index contributed by atoms with van der Waals surface area (Å²) in [6.07, 6.45) is 6.44. The molecule has 2 fully saturated rings. The Kier molecular flexibility index (Phi) is 3.88. The van der Waals surface area contributed by atoms with Gasteiger partial charge in [-0.15, -0.1) is 0 Å². The summed E-state index contributed by atoms with van der Waals surface area (Å²) in [5, 5.41) is 3.96. The van der Waals surface area contributed by atoms with E-state index < -0.39 is 15.5 Å². The number of hydrogen-bond donors (Lipinski definition) is 0. The van der Waals surface area contributed by atoms with Crippen LogP contribution in [0.25, 0.3) is 6.08 Å². The fourth-order valence-corrected chi connectivity index (χ4v) is 6.47. The lowest BCUT2D eigenvalue weighted by Crippen LogP contribution is -2.42. The fourth-order valence-electron chi connectivity index (χ4n) is 4.94. The molecule has 0 spiro atoms. The van der Waals surface area contributed by atoms with Crippen molar-refractivity contribution in [1.29, 1.82) is 0 Å². The molecule has 138 valence electrons. The lowest BCUT2D eigenvalue weighted by Gasteiger charge is -2.35. The first-order chi connectivity index (χ1) is 12.3. The predicted octanol–water partition coefficient (Wildman–Crippen LogP) is 3.55. The molecule has 4 rings (SSSR count). The van der Waals surface area contributed by atoms with E-state index in [9.17, 15) is 13.2 Å². The Balaban J connectivity index is 1.58. The van der Waals surface area contributed by atoms with Crippen LogP contribution in [0.3, 0.4) is 0 Å². The van der Waals surface area contributed by atoms with Gasteiger partial charge in [0.25, 0.3) is 0 Å². The minimum Gasteiger partial charge on any atom is -0.299 e. The van der Waals surface area contributed by atoms with E-state index in [0.717, 1.165) is 17.5 Å². The molecule has 3 aliphatic carbocycles. The minimum atomic E-state index is -3.95. The van der Waals surface area contributed by atoms with Gasteiger partial charge in [-0.1, -0.05) is 55.4 Å². The molecule has 5 nitrogen and oxygen atoms in total. The average Bonchev–Trinajstić information content (AvgIpc) is 2.94. The van der Waals surface area contributed by atoms with Crippen LogP contribution in [0.15, 0.2) is 35.5 Å². The van der Waals surface area contributed by atoms with E-state index in [0.29, 0.717) is 25.0 Å². The molecule has 26 heavy (non-hydrogen) atoms.